The molecule has 0 bridgehead atoms. The minimum atomic E-state index is -0.436. The zero-order valence-electron chi connectivity index (χ0n) is 12.9. The zero-order chi connectivity index (χ0) is 14.8. The van der Waals surface area contributed by atoms with E-state index < -0.39 is 5.54 Å². The van der Waals surface area contributed by atoms with Crippen LogP contribution in [0.25, 0.3) is 0 Å². The SMILES string of the molecule is CCCC1(C(=O)c2c(OC)cnn2C(C)C)CCCN1. The van der Waals surface area contributed by atoms with E-state index in [2.05, 4.69) is 17.3 Å². The quantitative estimate of drug-likeness (QED) is 0.813. The van der Waals surface area contributed by atoms with Gasteiger partial charge in [-0.1, -0.05) is 13.3 Å². The van der Waals surface area contributed by atoms with Gasteiger partial charge >= 0.3 is 0 Å². The van der Waals surface area contributed by atoms with Gasteiger partial charge in [0.15, 0.2) is 5.75 Å². The number of nitrogens with zero attached hydrogens (tertiary/aromatic N) is 2. The summed E-state index contributed by atoms with van der Waals surface area (Å²) in [5, 5.41) is 7.74. The van der Waals surface area contributed by atoms with Crippen molar-refractivity contribution in [1.82, 2.24) is 15.1 Å². The van der Waals surface area contributed by atoms with Crippen molar-refractivity contribution in [1.29, 1.82) is 0 Å². The number of ether oxygens (including phenoxy) is 1. The van der Waals surface area contributed by atoms with E-state index >= 15 is 0 Å². The van der Waals surface area contributed by atoms with Crippen LogP contribution in [0.15, 0.2) is 6.20 Å². The lowest BCUT2D eigenvalue weighted by atomic mass is 9.85. The highest BCUT2D eigenvalue weighted by Gasteiger charge is 2.43. The molecule has 0 aliphatic carbocycles. The van der Waals surface area contributed by atoms with Crippen molar-refractivity contribution in [3.63, 3.8) is 0 Å². The van der Waals surface area contributed by atoms with Gasteiger partial charge in [0.25, 0.3) is 0 Å². The Kier molecular flexibility index (Phi) is 4.48. The second-order valence-electron chi connectivity index (χ2n) is 5.79. The Morgan fingerprint density at radius 1 is 1.60 bits per heavy atom. The van der Waals surface area contributed by atoms with Crippen molar-refractivity contribution < 1.29 is 9.53 Å². The number of carbonyl (C=O) groups excluding carboxylic acids is 1. The fourth-order valence-electron chi connectivity index (χ4n) is 3.08. The summed E-state index contributed by atoms with van der Waals surface area (Å²) in [5.41, 5.74) is 0.166. The average Bonchev–Trinajstić information content (AvgIpc) is 3.04. The second kappa shape index (κ2) is 5.95. The maximum Gasteiger partial charge on any atom is 0.204 e. The first-order valence-electron chi connectivity index (χ1n) is 7.47. The van der Waals surface area contributed by atoms with Crippen molar-refractivity contribution in [2.75, 3.05) is 13.7 Å². The van der Waals surface area contributed by atoms with E-state index in [0.717, 1.165) is 32.2 Å². The second-order valence-corrected chi connectivity index (χ2v) is 5.79. The molecule has 1 aliphatic rings. The Hall–Kier alpha value is -1.36. The molecule has 1 aromatic heterocycles. The van der Waals surface area contributed by atoms with Gasteiger partial charge in [0.05, 0.1) is 18.8 Å². The fourth-order valence-corrected chi connectivity index (χ4v) is 3.08. The number of nitrogens with one attached hydrogen (secondary N) is 1. The summed E-state index contributed by atoms with van der Waals surface area (Å²) in [5.74, 6) is 0.702. The molecule has 0 spiro atoms. The van der Waals surface area contributed by atoms with Gasteiger partial charge in [-0.05, 0) is 39.7 Å². The number of ketones is 1. The van der Waals surface area contributed by atoms with Crippen LogP contribution in [0.5, 0.6) is 5.75 Å². The summed E-state index contributed by atoms with van der Waals surface area (Å²) >= 11 is 0. The van der Waals surface area contributed by atoms with Crippen LogP contribution >= 0.6 is 0 Å². The lowest BCUT2D eigenvalue weighted by Gasteiger charge is -2.28. The molecule has 1 aliphatic heterocycles. The lowest BCUT2D eigenvalue weighted by molar-refractivity contribution is 0.0840. The smallest absolute Gasteiger partial charge is 0.204 e. The molecule has 0 radical (unpaired) electrons. The summed E-state index contributed by atoms with van der Waals surface area (Å²) in [6.07, 6.45) is 5.42. The molecule has 1 fully saturated rings. The van der Waals surface area contributed by atoms with E-state index in [0.29, 0.717) is 11.4 Å². The number of Topliss-reactive ketones (excluding diaryl/α,β-unsaturated/α-hetero) is 1. The van der Waals surface area contributed by atoms with Gasteiger partial charge < -0.3 is 10.1 Å². The maximum atomic E-state index is 13.1. The highest BCUT2D eigenvalue weighted by atomic mass is 16.5. The monoisotopic (exact) mass is 279 g/mol. The first-order valence-corrected chi connectivity index (χ1v) is 7.47. The third-order valence-corrected chi connectivity index (χ3v) is 4.04. The molecule has 5 nitrogen and oxygen atoms in total. The molecular formula is C15H25N3O2. The molecule has 0 saturated carbocycles. The van der Waals surface area contributed by atoms with Gasteiger partial charge in [0, 0.05) is 6.04 Å². The van der Waals surface area contributed by atoms with E-state index in [1.165, 1.54) is 0 Å². The predicted molar refractivity (Wildman–Crippen MR) is 78.4 cm³/mol. The topological polar surface area (TPSA) is 56.1 Å². The van der Waals surface area contributed by atoms with Gasteiger partial charge in [0.2, 0.25) is 5.78 Å². The molecule has 5 heteroatoms. The summed E-state index contributed by atoms with van der Waals surface area (Å²) < 4.78 is 7.12. The van der Waals surface area contributed by atoms with Crippen molar-refractivity contribution in [2.45, 2.75) is 58.0 Å². The molecule has 1 saturated heterocycles. The third kappa shape index (κ3) is 2.46. The maximum absolute atomic E-state index is 13.1. The first-order chi connectivity index (χ1) is 9.55. The van der Waals surface area contributed by atoms with Gasteiger partial charge in [0.1, 0.15) is 5.69 Å². The lowest BCUT2D eigenvalue weighted by Crippen LogP contribution is -2.48. The highest BCUT2D eigenvalue weighted by Crippen LogP contribution is 2.33. The molecule has 1 unspecified atom stereocenters. The summed E-state index contributed by atoms with van der Waals surface area (Å²) in [4.78, 5) is 13.1. The van der Waals surface area contributed by atoms with Crippen molar-refractivity contribution in [3.05, 3.63) is 11.9 Å². The summed E-state index contributed by atoms with van der Waals surface area (Å²) in [7, 11) is 1.59. The van der Waals surface area contributed by atoms with E-state index in [4.69, 9.17) is 4.74 Å². The Bertz CT molecular complexity index is 473. The zero-order valence-corrected chi connectivity index (χ0v) is 12.9. The highest BCUT2D eigenvalue weighted by molar-refractivity contribution is 6.04. The van der Waals surface area contributed by atoms with Crippen LogP contribution in [0.2, 0.25) is 0 Å². The Balaban J connectivity index is 2.43. The van der Waals surface area contributed by atoms with Crippen LogP contribution < -0.4 is 10.1 Å². The van der Waals surface area contributed by atoms with Gasteiger partial charge in [-0.25, -0.2) is 0 Å². The molecule has 112 valence electrons. The Morgan fingerprint density at radius 2 is 2.35 bits per heavy atom. The summed E-state index contributed by atoms with van der Waals surface area (Å²) in [6.45, 7) is 7.07. The largest absolute Gasteiger partial charge is 0.493 e. The Labute approximate surface area is 120 Å². The van der Waals surface area contributed by atoms with Crippen molar-refractivity contribution in [3.8, 4) is 5.75 Å². The molecule has 20 heavy (non-hydrogen) atoms. The minimum Gasteiger partial charge on any atom is -0.493 e. The van der Waals surface area contributed by atoms with Crippen LogP contribution in [0.3, 0.4) is 0 Å². The molecule has 2 rings (SSSR count). The van der Waals surface area contributed by atoms with Crippen LogP contribution in [0.1, 0.15) is 63.0 Å². The van der Waals surface area contributed by atoms with Crippen molar-refractivity contribution >= 4 is 5.78 Å². The van der Waals surface area contributed by atoms with Crippen LogP contribution in [-0.2, 0) is 0 Å². The fraction of sp³-hybridized carbons (Fsp3) is 0.733. The van der Waals surface area contributed by atoms with E-state index in [-0.39, 0.29) is 11.8 Å². The molecule has 1 atom stereocenters. The normalized spacial score (nSPS) is 22.4. The average molecular weight is 279 g/mol. The van der Waals surface area contributed by atoms with E-state index in [9.17, 15) is 4.79 Å². The van der Waals surface area contributed by atoms with Gasteiger partial charge in [-0.2, -0.15) is 5.10 Å². The number of hydrogen-bond donors (Lipinski definition) is 1. The standard InChI is InChI=1S/C15H25N3O2/c1-5-7-15(8-6-9-16-15)14(19)13-12(20-4)10-17-18(13)11(2)3/h10-11,16H,5-9H2,1-4H3. The van der Waals surface area contributed by atoms with E-state index in [1.807, 2.05) is 13.8 Å². The molecule has 2 heterocycles. The van der Waals surface area contributed by atoms with E-state index in [1.54, 1.807) is 18.0 Å². The number of aromatic nitrogens is 2. The van der Waals surface area contributed by atoms with Gasteiger partial charge in [-0.3, -0.25) is 9.48 Å². The molecule has 0 amide bonds. The van der Waals surface area contributed by atoms with Gasteiger partial charge in [-0.15, -0.1) is 0 Å². The van der Waals surface area contributed by atoms with Crippen LogP contribution in [-0.4, -0.2) is 34.8 Å². The first kappa shape index (κ1) is 15.0. The predicted octanol–water partition coefficient (Wildman–Crippen LogP) is 2.58. The molecule has 1 aromatic rings. The third-order valence-electron chi connectivity index (χ3n) is 4.04. The number of methoxy groups -OCH3 is 1. The number of hydrogen-bond acceptors (Lipinski definition) is 4. The van der Waals surface area contributed by atoms with Crippen molar-refractivity contribution in [2.24, 2.45) is 0 Å². The Morgan fingerprint density at radius 3 is 2.85 bits per heavy atom. The minimum absolute atomic E-state index is 0.125. The molecular weight excluding hydrogens is 254 g/mol. The number of rotatable bonds is 6. The molecule has 1 N–H and O–H groups in total. The van der Waals surface area contributed by atoms with Crippen LogP contribution in [0, 0.1) is 0 Å². The number of carbonyl (C=O) groups is 1. The summed E-state index contributed by atoms with van der Waals surface area (Å²) in [6, 6.07) is 0.137. The van der Waals surface area contributed by atoms with Crippen LogP contribution in [0.4, 0.5) is 0 Å². The molecule has 0 aromatic carbocycles.